The summed E-state index contributed by atoms with van der Waals surface area (Å²) in [5, 5.41) is 0. The number of nitrogens with zero attached hydrogens (tertiary/aromatic N) is 1. The number of ether oxygens (including phenoxy) is 1. The largest absolute Gasteiger partial charge is 0.497 e. The van der Waals surface area contributed by atoms with Gasteiger partial charge in [0.15, 0.2) is 0 Å². The molecule has 2 rings (SSSR count). The highest BCUT2D eigenvalue weighted by Crippen LogP contribution is 2.14. The highest BCUT2D eigenvalue weighted by molar-refractivity contribution is 5.78. The molecule has 5 heteroatoms. The Labute approximate surface area is 128 Å². The Hall–Kier alpha value is -2.43. The maximum absolute atomic E-state index is 13.6. The van der Waals surface area contributed by atoms with Gasteiger partial charge in [0.1, 0.15) is 17.4 Å². The average Bonchev–Trinajstić information content (AvgIpc) is 2.50. The van der Waals surface area contributed by atoms with E-state index < -0.39 is 11.6 Å². The predicted molar refractivity (Wildman–Crippen MR) is 79.5 cm³/mol. The van der Waals surface area contributed by atoms with Crippen LogP contribution < -0.4 is 4.74 Å². The van der Waals surface area contributed by atoms with Crippen LogP contribution in [0.5, 0.6) is 5.75 Å². The van der Waals surface area contributed by atoms with Crippen LogP contribution in [0.4, 0.5) is 8.78 Å². The van der Waals surface area contributed by atoms with Crippen LogP contribution in [0.25, 0.3) is 0 Å². The molecule has 0 spiro atoms. The van der Waals surface area contributed by atoms with Crippen LogP contribution in [0.3, 0.4) is 0 Å². The van der Waals surface area contributed by atoms with E-state index in [4.69, 9.17) is 4.74 Å². The number of rotatable bonds is 5. The molecule has 0 aliphatic carbocycles. The van der Waals surface area contributed by atoms with E-state index in [-0.39, 0.29) is 24.4 Å². The van der Waals surface area contributed by atoms with Crippen molar-refractivity contribution in [3.63, 3.8) is 0 Å². The number of hydrogen-bond acceptors (Lipinski definition) is 2. The molecular formula is C17H17F2NO2. The van der Waals surface area contributed by atoms with Gasteiger partial charge in [-0.05, 0) is 23.8 Å². The lowest BCUT2D eigenvalue weighted by atomic mass is 10.1. The molecule has 22 heavy (non-hydrogen) atoms. The van der Waals surface area contributed by atoms with Gasteiger partial charge in [0, 0.05) is 25.2 Å². The minimum atomic E-state index is -0.649. The number of amides is 1. The summed E-state index contributed by atoms with van der Waals surface area (Å²) < 4.78 is 31.5. The lowest BCUT2D eigenvalue weighted by molar-refractivity contribution is -0.129. The smallest absolute Gasteiger partial charge is 0.227 e. The van der Waals surface area contributed by atoms with E-state index in [0.717, 1.165) is 17.4 Å². The van der Waals surface area contributed by atoms with Crippen LogP contribution in [-0.2, 0) is 17.8 Å². The highest BCUT2D eigenvalue weighted by Gasteiger charge is 2.13. The third kappa shape index (κ3) is 4.04. The molecule has 0 N–H and O–H groups in total. The van der Waals surface area contributed by atoms with Crippen LogP contribution in [0, 0.1) is 11.6 Å². The Morgan fingerprint density at radius 2 is 1.82 bits per heavy atom. The van der Waals surface area contributed by atoms with E-state index in [0.29, 0.717) is 0 Å². The number of benzene rings is 2. The van der Waals surface area contributed by atoms with Crippen LogP contribution in [-0.4, -0.2) is 25.0 Å². The first-order chi connectivity index (χ1) is 10.5. The van der Waals surface area contributed by atoms with Gasteiger partial charge in [-0.15, -0.1) is 0 Å². The Morgan fingerprint density at radius 3 is 2.41 bits per heavy atom. The third-order valence-electron chi connectivity index (χ3n) is 3.36. The third-order valence-corrected chi connectivity index (χ3v) is 3.36. The van der Waals surface area contributed by atoms with Crippen molar-refractivity contribution in [2.24, 2.45) is 0 Å². The van der Waals surface area contributed by atoms with E-state index in [1.807, 2.05) is 12.1 Å². The van der Waals surface area contributed by atoms with Gasteiger partial charge >= 0.3 is 0 Å². The van der Waals surface area contributed by atoms with Gasteiger partial charge in [-0.3, -0.25) is 4.79 Å². The van der Waals surface area contributed by atoms with Crippen molar-refractivity contribution in [2.45, 2.75) is 13.0 Å². The first-order valence-electron chi connectivity index (χ1n) is 6.80. The van der Waals surface area contributed by atoms with Gasteiger partial charge in [-0.25, -0.2) is 8.78 Å². The van der Waals surface area contributed by atoms with Gasteiger partial charge in [-0.1, -0.05) is 18.2 Å². The summed E-state index contributed by atoms with van der Waals surface area (Å²) in [6, 6.07) is 10.5. The van der Waals surface area contributed by atoms with Crippen molar-refractivity contribution >= 4 is 5.91 Å². The number of carbonyl (C=O) groups excluding carboxylic acids is 1. The minimum Gasteiger partial charge on any atom is -0.497 e. The zero-order valence-electron chi connectivity index (χ0n) is 12.5. The molecule has 0 bridgehead atoms. The van der Waals surface area contributed by atoms with Gasteiger partial charge in [0.05, 0.1) is 13.5 Å². The molecule has 0 radical (unpaired) electrons. The molecule has 0 atom stereocenters. The molecule has 1 amide bonds. The molecule has 0 fully saturated rings. The van der Waals surface area contributed by atoms with Crippen molar-refractivity contribution in [1.82, 2.24) is 4.90 Å². The average molecular weight is 305 g/mol. The molecular weight excluding hydrogens is 288 g/mol. The summed E-state index contributed by atoms with van der Waals surface area (Å²) in [6.45, 7) is 0.0983. The second kappa shape index (κ2) is 7.02. The summed E-state index contributed by atoms with van der Waals surface area (Å²) in [6.07, 6.45) is 0.212. The fourth-order valence-electron chi connectivity index (χ4n) is 2.05. The standard InChI is InChI=1S/C17H17F2NO2/c1-20(11-13-5-6-14(18)10-16(13)19)17(21)9-12-3-7-15(22-2)8-4-12/h3-8,10H,9,11H2,1-2H3. The number of halogens is 2. The molecule has 2 aromatic carbocycles. The van der Waals surface area contributed by atoms with Crippen LogP contribution in [0.1, 0.15) is 11.1 Å². The van der Waals surface area contributed by atoms with Crippen LogP contribution in [0.15, 0.2) is 42.5 Å². The van der Waals surface area contributed by atoms with E-state index in [2.05, 4.69) is 0 Å². The highest BCUT2D eigenvalue weighted by atomic mass is 19.1. The second-order valence-electron chi connectivity index (χ2n) is 5.01. The predicted octanol–water partition coefficient (Wildman–Crippen LogP) is 3.17. The molecule has 0 saturated heterocycles. The van der Waals surface area contributed by atoms with Crippen molar-refractivity contribution in [3.05, 3.63) is 65.2 Å². The van der Waals surface area contributed by atoms with Crippen molar-refractivity contribution in [2.75, 3.05) is 14.2 Å². The summed E-state index contributed by atoms with van der Waals surface area (Å²) in [5.74, 6) is -0.704. The summed E-state index contributed by atoms with van der Waals surface area (Å²) >= 11 is 0. The molecule has 116 valence electrons. The molecule has 0 saturated carbocycles. The summed E-state index contributed by atoms with van der Waals surface area (Å²) in [5.41, 5.74) is 1.13. The maximum atomic E-state index is 13.6. The van der Waals surface area contributed by atoms with Gasteiger partial charge in [0.25, 0.3) is 0 Å². The van der Waals surface area contributed by atoms with Crippen LogP contribution >= 0.6 is 0 Å². The number of methoxy groups -OCH3 is 1. The Morgan fingerprint density at radius 1 is 1.14 bits per heavy atom. The minimum absolute atomic E-state index is 0.0983. The number of carbonyl (C=O) groups is 1. The second-order valence-corrected chi connectivity index (χ2v) is 5.01. The SMILES string of the molecule is COc1ccc(CC(=O)N(C)Cc2ccc(F)cc2F)cc1. The lowest BCUT2D eigenvalue weighted by Crippen LogP contribution is -2.28. The van der Waals surface area contributed by atoms with Crippen molar-refractivity contribution in [1.29, 1.82) is 0 Å². The van der Waals surface area contributed by atoms with Crippen molar-refractivity contribution < 1.29 is 18.3 Å². The topological polar surface area (TPSA) is 29.5 Å². The molecule has 2 aromatic rings. The number of likely N-dealkylation sites (N-methyl/N-ethyl adjacent to an activating group) is 1. The van der Waals surface area contributed by atoms with E-state index in [1.54, 1.807) is 26.3 Å². The van der Waals surface area contributed by atoms with Gasteiger partial charge < -0.3 is 9.64 Å². The molecule has 0 heterocycles. The maximum Gasteiger partial charge on any atom is 0.227 e. The Balaban J connectivity index is 1.99. The number of hydrogen-bond donors (Lipinski definition) is 0. The Kier molecular flexibility index (Phi) is 5.09. The zero-order valence-corrected chi connectivity index (χ0v) is 12.5. The normalized spacial score (nSPS) is 10.4. The van der Waals surface area contributed by atoms with Gasteiger partial charge in [-0.2, -0.15) is 0 Å². The fraction of sp³-hybridized carbons (Fsp3) is 0.235. The summed E-state index contributed by atoms with van der Waals surface area (Å²) in [4.78, 5) is 13.6. The zero-order chi connectivity index (χ0) is 16.1. The molecule has 0 aromatic heterocycles. The summed E-state index contributed by atoms with van der Waals surface area (Å²) in [7, 11) is 3.17. The van der Waals surface area contributed by atoms with E-state index in [1.165, 1.54) is 17.0 Å². The molecule has 0 unspecified atom stereocenters. The van der Waals surface area contributed by atoms with E-state index in [9.17, 15) is 13.6 Å². The first kappa shape index (κ1) is 15.9. The van der Waals surface area contributed by atoms with Crippen molar-refractivity contribution in [3.8, 4) is 5.75 Å². The quantitative estimate of drug-likeness (QED) is 0.849. The first-order valence-corrected chi connectivity index (χ1v) is 6.80. The molecule has 0 aliphatic heterocycles. The van der Waals surface area contributed by atoms with E-state index >= 15 is 0 Å². The van der Waals surface area contributed by atoms with Crippen LogP contribution in [0.2, 0.25) is 0 Å². The van der Waals surface area contributed by atoms with Gasteiger partial charge in [0.2, 0.25) is 5.91 Å². The fourth-order valence-corrected chi connectivity index (χ4v) is 2.05. The Bertz CT molecular complexity index is 656. The lowest BCUT2D eigenvalue weighted by Gasteiger charge is -2.18. The molecule has 3 nitrogen and oxygen atoms in total. The monoisotopic (exact) mass is 305 g/mol. The molecule has 0 aliphatic rings.